The van der Waals surface area contributed by atoms with Gasteiger partial charge >= 0.3 is 12.2 Å². The zero-order valence-corrected chi connectivity index (χ0v) is 18.5. The highest BCUT2D eigenvalue weighted by atomic mass is 19.4. The first-order valence-electron chi connectivity index (χ1n) is 10.6. The van der Waals surface area contributed by atoms with E-state index in [0.717, 1.165) is 6.07 Å². The molecule has 2 heterocycles. The molecule has 32 heavy (non-hydrogen) atoms. The molecule has 1 aromatic rings. The lowest BCUT2D eigenvalue weighted by Gasteiger charge is -2.42. The highest BCUT2D eigenvalue weighted by Crippen LogP contribution is 2.47. The van der Waals surface area contributed by atoms with Gasteiger partial charge in [-0.3, -0.25) is 4.79 Å². The number of carbonyl (C=O) groups excluding carboxylic acids is 2. The highest BCUT2D eigenvalue weighted by Gasteiger charge is 2.52. The van der Waals surface area contributed by atoms with Gasteiger partial charge in [0.1, 0.15) is 0 Å². The van der Waals surface area contributed by atoms with Crippen molar-refractivity contribution < 1.29 is 22.8 Å². The van der Waals surface area contributed by atoms with Crippen molar-refractivity contribution in [2.24, 2.45) is 11.3 Å². The Morgan fingerprint density at radius 2 is 1.94 bits per heavy atom. The van der Waals surface area contributed by atoms with Crippen LogP contribution in [-0.4, -0.2) is 68.6 Å². The number of amides is 3. The molecule has 174 valence electrons. The van der Waals surface area contributed by atoms with Crippen LogP contribution in [-0.2, 0) is 11.0 Å². The van der Waals surface area contributed by atoms with Crippen LogP contribution in [0, 0.1) is 22.7 Å². The normalized spacial score (nSPS) is 20.2. The zero-order valence-electron chi connectivity index (χ0n) is 18.5. The lowest BCUT2D eigenvalue weighted by molar-refractivity contribution is -0.138. The molecule has 2 saturated heterocycles. The number of anilines is 1. The fraction of sp³-hybridized carbons (Fsp3) is 0.591. The minimum atomic E-state index is -4.64. The summed E-state index contributed by atoms with van der Waals surface area (Å²) < 4.78 is 40.4. The Bertz CT molecular complexity index is 917. The van der Waals surface area contributed by atoms with E-state index in [1.54, 1.807) is 25.1 Å². The number of hydrogen-bond acceptors (Lipinski definition) is 4. The van der Waals surface area contributed by atoms with Crippen molar-refractivity contribution in [3.8, 4) is 6.07 Å². The second kappa shape index (κ2) is 8.88. The molecule has 3 rings (SSSR count). The van der Waals surface area contributed by atoms with Gasteiger partial charge in [0.2, 0.25) is 5.91 Å². The molecule has 0 bridgehead atoms. The van der Waals surface area contributed by atoms with E-state index in [4.69, 9.17) is 5.26 Å². The molecule has 0 radical (unpaired) electrons. The first-order chi connectivity index (χ1) is 15.0. The maximum absolute atomic E-state index is 13.5. The average Bonchev–Trinajstić information content (AvgIpc) is 3.11. The van der Waals surface area contributed by atoms with Gasteiger partial charge in [-0.25, -0.2) is 4.79 Å². The molecule has 2 aliphatic rings. The standard InChI is InChI=1S/C22H28F3N5O2/c1-4-27-20(32)29-9-7-21(8-10-29)14-30(13-18(21)19(31)28(2)3)16-6-5-15(12-26)17(11-16)22(23,24)25/h5-6,11,18H,4,7-10,13-14H2,1-3H3,(H,27,32). The number of rotatable bonds is 3. The van der Waals surface area contributed by atoms with E-state index >= 15 is 0 Å². The molecule has 2 aliphatic heterocycles. The summed E-state index contributed by atoms with van der Waals surface area (Å²) in [5.74, 6) is -0.456. The smallest absolute Gasteiger partial charge is 0.370 e. The Kier molecular flexibility index (Phi) is 6.58. The van der Waals surface area contributed by atoms with Crippen LogP contribution in [0.3, 0.4) is 0 Å². The monoisotopic (exact) mass is 451 g/mol. The summed E-state index contributed by atoms with van der Waals surface area (Å²) in [7, 11) is 3.35. The van der Waals surface area contributed by atoms with Crippen molar-refractivity contribution in [1.29, 1.82) is 5.26 Å². The summed E-state index contributed by atoms with van der Waals surface area (Å²) in [6.45, 7) is 4.05. The fourth-order valence-corrected chi connectivity index (χ4v) is 4.80. The Hall–Kier alpha value is -2.96. The number of nitriles is 1. The van der Waals surface area contributed by atoms with Crippen LogP contribution in [0.5, 0.6) is 0 Å². The average molecular weight is 451 g/mol. The molecule has 10 heteroatoms. The van der Waals surface area contributed by atoms with Gasteiger partial charge in [-0.1, -0.05) is 0 Å². The topological polar surface area (TPSA) is 79.7 Å². The van der Waals surface area contributed by atoms with Crippen LogP contribution in [0.2, 0.25) is 0 Å². The number of urea groups is 1. The number of likely N-dealkylation sites (tertiary alicyclic amines) is 1. The predicted octanol–water partition coefficient (Wildman–Crippen LogP) is 2.91. The maximum Gasteiger partial charge on any atom is 0.417 e. The van der Waals surface area contributed by atoms with Crippen LogP contribution >= 0.6 is 0 Å². The Morgan fingerprint density at radius 3 is 2.47 bits per heavy atom. The molecule has 0 aromatic heterocycles. The molecule has 1 atom stereocenters. The number of piperidine rings is 1. The van der Waals surface area contributed by atoms with Gasteiger partial charge in [-0.15, -0.1) is 0 Å². The van der Waals surface area contributed by atoms with E-state index in [0.29, 0.717) is 51.3 Å². The van der Waals surface area contributed by atoms with Gasteiger partial charge in [0.25, 0.3) is 0 Å². The third kappa shape index (κ3) is 4.47. The molecule has 1 N–H and O–H groups in total. The van der Waals surface area contributed by atoms with Gasteiger partial charge in [0.05, 0.1) is 23.1 Å². The molecule has 1 aromatic carbocycles. The van der Waals surface area contributed by atoms with E-state index in [1.165, 1.54) is 17.0 Å². The van der Waals surface area contributed by atoms with Crippen molar-refractivity contribution in [2.75, 3.05) is 51.7 Å². The second-order valence-electron chi connectivity index (χ2n) is 8.69. The van der Waals surface area contributed by atoms with Gasteiger partial charge in [0, 0.05) is 57.9 Å². The number of benzene rings is 1. The summed E-state index contributed by atoms with van der Waals surface area (Å²) in [5, 5.41) is 11.9. The molecular formula is C22H28F3N5O2. The fourth-order valence-electron chi connectivity index (χ4n) is 4.80. The van der Waals surface area contributed by atoms with Crippen molar-refractivity contribution in [1.82, 2.24) is 15.1 Å². The maximum atomic E-state index is 13.5. The van der Waals surface area contributed by atoms with Crippen LogP contribution in [0.15, 0.2) is 18.2 Å². The SMILES string of the molecule is CCNC(=O)N1CCC2(CC1)CN(c1ccc(C#N)c(C(F)(F)F)c1)CC2C(=O)N(C)C. The summed E-state index contributed by atoms with van der Waals surface area (Å²) in [6, 6.07) is 5.15. The second-order valence-corrected chi connectivity index (χ2v) is 8.69. The number of nitrogens with one attached hydrogen (secondary N) is 1. The van der Waals surface area contributed by atoms with E-state index in [-0.39, 0.29) is 17.9 Å². The molecule has 2 fully saturated rings. The van der Waals surface area contributed by atoms with Crippen molar-refractivity contribution in [3.63, 3.8) is 0 Å². The van der Waals surface area contributed by atoms with E-state index in [9.17, 15) is 22.8 Å². The van der Waals surface area contributed by atoms with Crippen LogP contribution in [0.4, 0.5) is 23.7 Å². The first kappa shape index (κ1) is 23.7. The number of carbonyl (C=O) groups is 2. The number of alkyl halides is 3. The summed E-state index contributed by atoms with van der Waals surface area (Å²) in [4.78, 5) is 30.3. The molecule has 1 spiro atoms. The highest BCUT2D eigenvalue weighted by molar-refractivity contribution is 5.81. The van der Waals surface area contributed by atoms with E-state index < -0.39 is 22.7 Å². The third-order valence-corrected chi connectivity index (χ3v) is 6.56. The minimum absolute atomic E-state index is 0.0661. The van der Waals surface area contributed by atoms with E-state index in [2.05, 4.69) is 5.32 Å². The molecule has 0 saturated carbocycles. The van der Waals surface area contributed by atoms with Crippen LogP contribution in [0.25, 0.3) is 0 Å². The zero-order chi connectivity index (χ0) is 23.7. The van der Waals surface area contributed by atoms with Crippen LogP contribution in [0.1, 0.15) is 30.9 Å². The molecule has 0 aliphatic carbocycles. The van der Waals surface area contributed by atoms with Crippen molar-refractivity contribution in [3.05, 3.63) is 29.3 Å². The van der Waals surface area contributed by atoms with Gasteiger partial charge in [-0.2, -0.15) is 18.4 Å². The lowest BCUT2D eigenvalue weighted by atomic mass is 9.70. The quantitative estimate of drug-likeness (QED) is 0.767. The van der Waals surface area contributed by atoms with E-state index in [1.807, 2.05) is 11.8 Å². The Labute approximate surface area is 185 Å². The largest absolute Gasteiger partial charge is 0.417 e. The summed E-state index contributed by atoms with van der Waals surface area (Å²) >= 11 is 0. The number of nitrogens with zero attached hydrogens (tertiary/aromatic N) is 4. The van der Waals surface area contributed by atoms with Gasteiger partial charge < -0.3 is 20.0 Å². The molecular weight excluding hydrogens is 423 g/mol. The number of hydrogen-bond donors (Lipinski definition) is 1. The first-order valence-corrected chi connectivity index (χ1v) is 10.6. The van der Waals surface area contributed by atoms with Crippen LogP contribution < -0.4 is 10.2 Å². The van der Waals surface area contributed by atoms with Gasteiger partial charge in [0.15, 0.2) is 0 Å². The summed E-state index contributed by atoms with van der Waals surface area (Å²) in [5.41, 5.74) is -1.49. The Balaban J connectivity index is 1.90. The third-order valence-electron chi connectivity index (χ3n) is 6.56. The van der Waals surface area contributed by atoms with Gasteiger partial charge in [-0.05, 0) is 38.0 Å². The summed E-state index contributed by atoms with van der Waals surface area (Å²) in [6.07, 6.45) is -3.46. The van der Waals surface area contributed by atoms with Crippen molar-refractivity contribution in [2.45, 2.75) is 25.9 Å². The minimum Gasteiger partial charge on any atom is -0.370 e. The molecule has 1 unspecified atom stereocenters. The van der Waals surface area contributed by atoms with Crippen molar-refractivity contribution >= 4 is 17.6 Å². The lowest BCUT2D eigenvalue weighted by Crippen LogP contribution is -2.51. The molecule has 3 amide bonds. The number of halogens is 3. The molecule has 7 nitrogen and oxygen atoms in total. The predicted molar refractivity (Wildman–Crippen MR) is 113 cm³/mol. The Morgan fingerprint density at radius 1 is 1.28 bits per heavy atom.